The molecule has 2 rings (SSSR count). The highest BCUT2D eigenvalue weighted by Gasteiger charge is 2.12. The van der Waals surface area contributed by atoms with Gasteiger partial charge in [-0.1, -0.05) is 29.8 Å². The predicted molar refractivity (Wildman–Crippen MR) is 110 cm³/mol. The van der Waals surface area contributed by atoms with Crippen LogP contribution in [-0.4, -0.2) is 42.3 Å². The third-order valence-corrected chi connectivity index (χ3v) is 3.78. The topological polar surface area (TPSA) is 126 Å². The lowest BCUT2D eigenvalue weighted by molar-refractivity contribution is -0.139. The SMILES string of the molecule is CCOc1cc(/C=N\NC(=O)C(=O)NCc2ccc(C)cc2)ccc1OCC(=O)O. The molecule has 0 aliphatic carbocycles. The van der Waals surface area contributed by atoms with Gasteiger partial charge in [-0.15, -0.1) is 0 Å². The van der Waals surface area contributed by atoms with E-state index in [2.05, 4.69) is 15.8 Å². The third kappa shape index (κ3) is 7.27. The van der Waals surface area contributed by atoms with Crippen molar-refractivity contribution >= 4 is 24.0 Å². The van der Waals surface area contributed by atoms with Crippen LogP contribution in [0.25, 0.3) is 0 Å². The van der Waals surface area contributed by atoms with E-state index in [9.17, 15) is 14.4 Å². The summed E-state index contributed by atoms with van der Waals surface area (Å²) in [5.74, 6) is -2.20. The van der Waals surface area contributed by atoms with Crippen LogP contribution in [0.4, 0.5) is 0 Å². The van der Waals surface area contributed by atoms with E-state index in [0.29, 0.717) is 17.9 Å². The van der Waals surface area contributed by atoms with Gasteiger partial charge < -0.3 is 19.9 Å². The molecule has 30 heavy (non-hydrogen) atoms. The van der Waals surface area contributed by atoms with Crippen LogP contribution in [0, 0.1) is 6.92 Å². The fourth-order valence-corrected chi connectivity index (χ4v) is 2.32. The summed E-state index contributed by atoms with van der Waals surface area (Å²) in [5.41, 5.74) is 4.68. The summed E-state index contributed by atoms with van der Waals surface area (Å²) in [6.45, 7) is 3.81. The Morgan fingerprint density at radius 2 is 1.77 bits per heavy atom. The van der Waals surface area contributed by atoms with Gasteiger partial charge >= 0.3 is 17.8 Å². The zero-order valence-corrected chi connectivity index (χ0v) is 16.7. The number of amides is 2. The van der Waals surface area contributed by atoms with E-state index in [1.165, 1.54) is 12.3 Å². The van der Waals surface area contributed by atoms with Crippen LogP contribution in [0.3, 0.4) is 0 Å². The zero-order valence-electron chi connectivity index (χ0n) is 16.7. The third-order valence-electron chi connectivity index (χ3n) is 3.78. The Morgan fingerprint density at radius 1 is 1.03 bits per heavy atom. The summed E-state index contributed by atoms with van der Waals surface area (Å²) < 4.78 is 10.6. The summed E-state index contributed by atoms with van der Waals surface area (Å²) in [6, 6.07) is 12.3. The number of hydrogen-bond donors (Lipinski definition) is 3. The van der Waals surface area contributed by atoms with Crippen LogP contribution in [-0.2, 0) is 20.9 Å². The minimum absolute atomic E-state index is 0.228. The number of aliphatic carboxylic acids is 1. The molecule has 0 saturated heterocycles. The fraction of sp³-hybridized carbons (Fsp3) is 0.238. The predicted octanol–water partition coefficient (Wildman–Crippen LogP) is 1.62. The molecule has 0 radical (unpaired) electrons. The maximum atomic E-state index is 11.9. The number of hydrogen-bond acceptors (Lipinski definition) is 6. The van der Waals surface area contributed by atoms with Crippen molar-refractivity contribution in [3.05, 3.63) is 59.2 Å². The van der Waals surface area contributed by atoms with Crippen molar-refractivity contribution in [2.45, 2.75) is 20.4 Å². The Bertz CT molecular complexity index is 925. The number of hydrazone groups is 1. The second-order valence-corrected chi connectivity index (χ2v) is 6.19. The van der Waals surface area contributed by atoms with E-state index in [0.717, 1.165) is 11.1 Å². The molecule has 0 aliphatic heterocycles. The molecular weight excluding hydrogens is 390 g/mol. The molecule has 9 heteroatoms. The van der Waals surface area contributed by atoms with Gasteiger partial charge in [0.2, 0.25) is 0 Å². The Morgan fingerprint density at radius 3 is 2.43 bits per heavy atom. The molecule has 0 spiro atoms. The Kier molecular flexibility index (Phi) is 8.37. The number of aryl methyl sites for hydroxylation is 1. The number of carboxylic acid groups (broad SMARTS) is 1. The van der Waals surface area contributed by atoms with Gasteiger partial charge in [0.15, 0.2) is 18.1 Å². The summed E-state index contributed by atoms with van der Waals surface area (Å²) in [7, 11) is 0. The molecule has 0 bridgehead atoms. The number of benzene rings is 2. The molecular formula is C21H23N3O6. The molecule has 2 amide bonds. The number of carboxylic acids is 1. The molecule has 0 heterocycles. The highest BCUT2D eigenvalue weighted by Crippen LogP contribution is 2.28. The molecule has 158 valence electrons. The molecule has 3 N–H and O–H groups in total. The summed E-state index contributed by atoms with van der Waals surface area (Å²) >= 11 is 0. The largest absolute Gasteiger partial charge is 0.490 e. The van der Waals surface area contributed by atoms with Crippen LogP contribution in [0.2, 0.25) is 0 Å². The lowest BCUT2D eigenvalue weighted by atomic mass is 10.1. The lowest BCUT2D eigenvalue weighted by Gasteiger charge is -2.11. The molecule has 0 aliphatic rings. The molecule has 0 fully saturated rings. The molecule has 0 aromatic heterocycles. The standard InChI is InChI=1S/C21H23N3O6/c1-3-29-18-10-16(8-9-17(18)30-13-19(25)26)12-23-24-21(28)20(27)22-11-15-6-4-14(2)5-7-15/h4-10,12H,3,11,13H2,1-2H3,(H,22,27)(H,24,28)(H,25,26)/b23-12-. The molecule has 0 unspecified atom stereocenters. The first-order chi connectivity index (χ1) is 14.4. The average molecular weight is 413 g/mol. The molecule has 2 aromatic rings. The van der Waals surface area contributed by atoms with Crippen molar-refractivity contribution < 1.29 is 29.0 Å². The Hall–Kier alpha value is -3.88. The monoisotopic (exact) mass is 413 g/mol. The van der Waals surface area contributed by atoms with Crippen LogP contribution in [0.5, 0.6) is 11.5 Å². The van der Waals surface area contributed by atoms with E-state index in [1.54, 1.807) is 19.1 Å². The van der Waals surface area contributed by atoms with Gasteiger partial charge in [0, 0.05) is 6.54 Å². The van der Waals surface area contributed by atoms with Crippen molar-refractivity contribution in [2.75, 3.05) is 13.2 Å². The Labute approximate surface area is 173 Å². The second-order valence-electron chi connectivity index (χ2n) is 6.19. The number of nitrogens with zero attached hydrogens (tertiary/aromatic N) is 1. The number of carbonyl (C=O) groups is 3. The highest BCUT2D eigenvalue weighted by atomic mass is 16.5. The van der Waals surface area contributed by atoms with Crippen molar-refractivity contribution in [1.29, 1.82) is 0 Å². The maximum Gasteiger partial charge on any atom is 0.341 e. The first kappa shape index (κ1) is 22.4. The van der Waals surface area contributed by atoms with E-state index >= 15 is 0 Å². The minimum Gasteiger partial charge on any atom is -0.490 e. The number of rotatable bonds is 9. The fourth-order valence-electron chi connectivity index (χ4n) is 2.32. The minimum atomic E-state index is -1.11. The van der Waals surface area contributed by atoms with Crippen molar-refractivity contribution in [1.82, 2.24) is 10.7 Å². The van der Waals surface area contributed by atoms with E-state index in [1.807, 2.05) is 31.2 Å². The number of nitrogens with one attached hydrogen (secondary N) is 2. The Balaban J connectivity index is 1.90. The van der Waals surface area contributed by atoms with Crippen molar-refractivity contribution in [2.24, 2.45) is 5.10 Å². The van der Waals surface area contributed by atoms with Crippen LogP contribution >= 0.6 is 0 Å². The second kappa shape index (κ2) is 11.2. The van der Waals surface area contributed by atoms with Crippen LogP contribution < -0.4 is 20.2 Å². The quantitative estimate of drug-likeness (QED) is 0.326. The van der Waals surface area contributed by atoms with Gasteiger partial charge in [-0.3, -0.25) is 9.59 Å². The van der Waals surface area contributed by atoms with Crippen LogP contribution in [0.15, 0.2) is 47.6 Å². The van der Waals surface area contributed by atoms with Gasteiger partial charge in [-0.25, -0.2) is 10.2 Å². The first-order valence-electron chi connectivity index (χ1n) is 9.17. The molecule has 0 atom stereocenters. The van der Waals surface area contributed by atoms with Crippen molar-refractivity contribution in [3.8, 4) is 11.5 Å². The molecule has 0 saturated carbocycles. The van der Waals surface area contributed by atoms with E-state index in [-0.39, 0.29) is 12.3 Å². The van der Waals surface area contributed by atoms with Crippen molar-refractivity contribution in [3.63, 3.8) is 0 Å². The van der Waals surface area contributed by atoms with Crippen LogP contribution in [0.1, 0.15) is 23.6 Å². The van der Waals surface area contributed by atoms with Gasteiger partial charge in [0.05, 0.1) is 12.8 Å². The average Bonchev–Trinajstić information content (AvgIpc) is 2.72. The molecule has 9 nitrogen and oxygen atoms in total. The maximum absolute atomic E-state index is 11.9. The zero-order chi connectivity index (χ0) is 21.9. The van der Waals surface area contributed by atoms with E-state index < -0.39 is 24.4 Å². The normalized spacial score (nSPS) is 10.5. The number of carbonyl (C=O) groups excluding carboxylic acids is 2. The highest BCUT2D eigenvalue weighted by molar-refractivity contribution is 6.35. The lowest BCUT2D eigenvalue weighted by Crippen LogP contribution is -2.37. The van der Waals surface area contributed by atoms with Gasteiger partial charge in [0.25, 0.3) is 0 Å². The van der Waals surface area contributed by atoms with Gasteiger partial charge in [-0.05, 0) is 43.2 Å². The van der Waals surface area contributed by atoms with Gasteiger partial charge in [0.1, 0.15) is 0 Å². The first-order valence-corrected chi connectivity index (χ1v) is 9.17. The van der Waals surface area contributed by atoms with E-state index in [4.69, 9.17) is 14.6 Å². The smallest absolute Gasteiger partial charge is 0.341 e. The summed E-state index contributed by atoms with van der Waals surface area (Å²) in [6.07, 6.45) is 1.33. The summed E-state index contributed by atoms with van der Waals surface area (Å²) in [5, 5.41) is 15.0. The van der Waals surface area contributed by atoms with Gasteiger partial charge in [-0.2, -0.15) is 5.10 Å². The molecule has 2 aromatic carbocycles. The number of ether oxygens (including phenoxy) is 2. The summed E-state index contributed by atoms with van der Waals surface area (Å²) in [4.78, 5) is 34.3.